The zero-order chi connectivity index (χ0) is 18.1. The summed E-state index contributed by atoms with van der Waals surface area (Å²) >= 11 is 0. The third kappa shape index (κ3) is 3.83. The van der Waals surface area contributed by atoms with Gasteiger partial charge in [0.1, 0.15) is 16.9 Å². The number of nitrogens with zero attached hydrogens (tertiary/aromatic N) is 2. The summed E-state index contributed by atoms with van der Waals surface area (Å²) in [5.74, 6) is -1.23. The van der Waals surface area contributed by atoms with E-state index in [4.69, 9.17) is 4.74 Å². The first kappa shape index (κ1) is 17.3. The summed E-state index contributed by atoms with van der Waals surface area (Å²) in [6, 6.07) is 4.20. The summed E-state index contributed by atoms with van der Waals surface area (Å²) in [5.41, 5.74) is 0.145. The van der Waals surface area contributed by atoms with Crippen molar-refractivity contribution in [2.75, 3.05) is 5.32 Å². The summed E-state index contributed by atoms with van der Waals surface area (Å²) in [5, 5.41) is 25.6. The molecule has 0 fully saturated rings. The predicted molar refractivity (Wildman–Crippen MR) is 87.1 cm³/mol. The van der Waals surface area contributed by atoms with Gasteiger partial charge in [0.15, 0.2) is 0 Å². The van der Waals surface area contributed by atoms with E-state index in [0.29, 0.717) is 11.3 Å². The maximum absolute atomic E-state index is 12.0. The van der Waals surface area contributed by atoms with Crippen LogP contribution in [0.1, 0.15) is 31.1 Å². The maximum Gasteiger partial charge on any atom is 0.412 e. The zero-order valence-corrected chi connectivity index (χ0v) is 13.8. The highest BCUT2D eigenvalue weighted by atomic mass is 16.6. The quantitative estimate of drug-likeness (QED) is 0.744. The molecule has 2 rings (SSSR count). The third-order valence-electron chi connectivity index (χ3n) is 3.06. The van der Waals surface area contributed by atoms with Crippen LogP contribution in [-0.2, 0) is 11.8 Å². The number of carbonyl (C=O) groups excluding carboxylic acids is 1. The molecule has 0 spiro atoms. The van der Waals surface area contributed by atoms with Crippen molar-refractivity contribution in [3.63, 3.8) is 0 Å². The van der Waals surface area contributed by atoms with Crippen LogP contribution < -0.4 is 5.32 Å². The second-order valence-electron chi connectivity index (χ2n) is 6.19. The van der Waals surface area contributed by atoms with Crippen LogP contribution in [0, 0.1) is 0 Å². The number of ether oxygens (including phenoxy) is 1. The molecule has 1 heterocycles. The van der Waals surface area contributed by atoms with Gasteiger partial charge < -0.3 is 14.9 Å². The lowest BCUT2D eigenvalue weighted by molar-refractivity contribution is 0.0634. The van der Waals surface area contributed by atoms with E-state index in [0.717, 1.165) is 0 Å². The van der Waals surface area contributed by atoms with Crippen molar-refractivity contribution in [1.29, 1.82) is 0 Å². The minimum Gasteiger partial charge on any atom is -0.508 e. The topological polar surface area (TPSA) is 114 Å². The number of nitrogens with one attached hydrogen (secondary N) is 1. The second kappa shape index (κ2) is 6.23. The molecular weight excluding hydrogens is 314 g/mol. The predicted octanol–water partition coefficient (Wildman–Crippen LogP) is 2.84. The van der Waals surface area contributed by atoms with Gasteiger partial charge >= 0.3 is 12.1 Å². The number of hydrogen-bond acceptors (Lipinski definition) is 5. The number of benzene rings is 1. The van der Waals surface area contributed by atoms with Gasteiger partial charge in [0.05, 0.1) is 17.6 Å². The Kier molecular flexibility index (Phi) is 4.50. The average Bonchev–Trinajstić information content (AvgIpc) is 2.80. The normalized spacial score (nSPS) is 11.2. The zero-order valence-electron chi connectivity index (χ0n) is 13.8. The molecule has 0 unspecified atom stereocenters. The second-order valence-corrected chi connectivity index (χ2v) is 6.19. The number of hydrogen-bond donors (Lipinski definition) is 3. The lowest BCUT2D eigenvalue weighted by Gasteiger charge is -2.20. The Morgan fingerprint density at radius 1 is 1.29 bits per heavy atom. The highest BCUT2D eigenvalue weighted by Crippen LogP contribution is 2.33. The van der Waals surface area contributed by atoms with Gasteiger partial charge in [-0.2, -0.15) is 5.10 Å². The fraction of sp³-hybridized carbons (Fsp3) is 0.312. The van der Waals surface area contributed by atoms with Gasteiger partial charge in [-0.3, -0.25) is 10.00 Å². The molecule has 3 N–H and O–H groups in total. The van der Waals surface area contributed by atoms with Crippen LogP contribution >= 0.6 is 0 Å². The lowest BCUT2D eigenvalue weighted by Crippen LogP contribution is -2.27. The molecule has 0 bridgehead atoms. The molecule has 0 aliphatic heterocycles. The fourth-order valence-corrected chi connectivity index (χ4v) is 2.16. The number of amides is 1. The van der Waals surface area contributed by atoms with Crippen LogP contribution in [0.4, 0.5) is 10.5 Å². The molecule has 1 aromatic heterocycles. The Morgan fingerprint density at radius 2 is 1.96 bits per heavy atom. The Morgan fingerprint density at radius 3 is 2.54 bits per heavy atom. The van der Waals surface area contributed by atoms with E-state index >= 15 is 0 Å². The van der Waals surface area contributed by atoms with Crippen molar-refractivity contribution < 1.29 is 24.5 Å². The van der Waals surface area contributed by atoms with Crippen molar-refractivity contribution in [2.45, 2.75) is 26.4 Å². The number of aromatic carboxylic acids is 1. The van der Waals surface area contributed by atoms with Gasteiger partial charge in [0, 0.05) is 12.6 Å². The summed E-state index contributed by atoms with van der Waals surface area (Å²) in [7, 11) is 1.57. The Balaban J connectivity index is 2.48. The molecule has 0 atom stereocenters. The minimum absolute atomic E-state index is 0.0460. The first-order chi connectivity index (χ1) is 11.1. The molecule has 0 saturated carbocycles. The number of carboxylic acid groups (broad SMARTS) is 1. The molecule has 0 aliphatic carbocycles. The number of phenols is 1. The van der Waals surface area contributed by atoms with E-state index in [-0.39, 0.29) is 17.0 Å². The van der Waals surface area contributed by atoms with Gasteiger partial charge in [0.25, 0.3) is 0 Å². The van der Waals surface area contributed by atoms with E-state index in [2.05, 4.69) is 10.4 Å². The van der Waals surface area contributed by atoms with Crippen LogP contribution in [0.15, 0.2) is 24.4 Å². The Bertz CT molecular complexity index is 789. The minimum atomic E-state index is -1.16. The molecule has 0 radical (unpaired) electrons. The number of carboxylic acids is 1. The number of phenolic OH excluding ortho intramolecular Hbond substituents is 1. The van der Waals surface area contributed by atoms with E-state index in [1.165, 1.54) is 29.1 Å². The van der Waals surface area contributed by atoms with Crippen LogP contribution in [0.2, 0.25) is 0 Å². The monoisotopic (exact) mass is 333 g/mol. The first-order valence-electron chi connectivity index (χ1n) is 7.17. The van der Waals surface area contributed by atoms with Gasteiger partial charge in [-0.15, -0.1) is 0 Å². The van der Waals surface area contributed by atoms with E-state index in [9.17, 15) is 19.8 Å². The van der Waals surface area contributed by atoms with Gasteiger partial charge in [-0.05, 0) is 39.0 Å². The average molecular weight is 333 g/mol. The Hall–Kier alpha value is -3.03. The molecule has 8 heteroatoms. The molecule has 8 nitrogen and oxygen atoms in total. The van der Waals surface area contributed by atoms with Crippen molar-refractivity contribution in [2.24, 2.45) is 7.05 Å². The molecule has 0 saturated heterocycles. The summed E-state index contributed by atoms with van der Waals surface area (Å²) in [4.78, 5) is 23.4. The fourth-order valence-electron chi connectivity index (χ4n) is 2.16. The lowest BCUT2D eigenvalue weighted by atomic mass is 10.1. The molecule has 24 heavy (non-hydrogen) atoms. The van der Waals surface area contributed by atoms with Crippen molar-refractivity contribution in [1.82, 2.24) is 9.78 Å². The highest BCUT2D eigenvalue weighted by molar-refractivity contribution is 5.99. The summed E-state index contributed by atoms with van der Waals surface area (Å²) in [6.45, 7) is 5.19. The van der Waals surface area contributed by atoms with Crippen molar-refractivity contribution >= 4 is 17.7 Å². The van der Waals surface area contributed by atoms with Crippen LogP contribution in [-0.4, -0.2) is 37.7 Å². The SMILES string of the molecule is Cn1ncc(C(=O)O)c1-c1cc(O)ccc1NC(=O)OC(C)(C)C. The van der Waals surface area contributed by atoms with E-state index in [1.807, 2.05) is 0 Å². The number of aromatic hydroxyl groups is 1. The highest BCUT2D eigenvalue weighted by Gasteiger charge is 2.22. The standard InChI is InChI=1S/C16H19N3O5/c1-16(2,3)24-15(23)18-12-6-5-9(20)7-10(12)13-11(14(21)22)8-17-19(13)4/h5-8,20H,1-4H3,(H,18,23)(H,21,22). The summed E-state index contributed by atoms with van der Waals surface area (Å²) < 4.78 is 6.56. The van der Waals surface area contributed by atoms with Crippen LogP contribution in [0.3, 0.4) is 0 Å². The van der Waals surface area contributed by atoms with Crippen LogP contribution in [0.25, 0.3) is 11.3 Å². The molecule has 2 aromatic rings. The number of aromatic nitrogens is 2. The van der Waals surface area contributed by atoms with Gasteiger partial charge in [-0.25, -0.2) is 9.59 Å². The van der Waals surface area contributed by atoms with Crippen molar-refractivity contribution in [3.05, 3.63) is 30.0 Å². The molecule has 1 amide bonds. The number of carbonyl (C=O) groups is 2. The number of rotatable bonds is 3. The molecule has 0 aliphatic rings. The van der Waals surface area contributed by atoms with Crippen LogP contribution in [0.5, 0.6) is 5.75 Å². The maximum atomic E-state index is 12.0. The molecule has 1 aromatic carbocycles. The number of aryl methyl sites for hydroxylation is 1. The van der Waals surface area contributed by atoms with E-state index in [1.54, 1.807) is 27.8 Å². The largest absolute Gasteiger partial charge is 0.508 e. The van der Waals surface area contributed by atoms with Gasteiger partial charge in [-0.1, -0.05) is 0 Å². The first-order valence-corrected chi connectivity index (χ1v) is 7.17. The Labute approximate surface area is 138 Å². The molecular formula is C16H19N3O5. The molecule has 128 valence electrons. The van der Waals surface area contributed by atoms with E-state index < -0.39 is 17.7 Å². The summed E-state index contributed by atoms with van der Waals surface area (Å²) in [6.07, 6.45) is 0.521. The third-order valence-corrected chi connectivity index (χ3v) is 3.06. The van der Waals surface area contributed by atoms with Crippen molar-refractivity contribution in [3.8, 4) is 17.0 Å². The smallest absolute Gasteiger partial charge is 0.412 e. The van der Waals surface area contributed by atoms with Gasteiger partial charge in [0.2, 0.25) is 0 Å². The number of anilines is 1.